The van der Waals surface area contributed by atoms with E-state index in [-0.39, 0.29) is 23.2 Å². The van der Waals surface area contributed by atoms with E-state index < -0.39 is 6.04 Å². The number of nitriles is 1. The van der Waals surface area contributed by atoms with Crippen molar-refractivity contribution in [2.75, 3.05) is 0 Å². The van der Waals surface area contributed by atoms with E-state index in [9.17, 15) is 19.2 Å². The molecule has 0 saturated carbocycles. The topological polar surface area (TPSA) is 112 Å². The number of imidazole rings is 1. The van der Waals surface area contributed by atoms with Crippen LogP contribution in [0.3, 0.4) is 0 Å². The van der Waals surface area contributed by atoms with Crippen molar-refractivity contribution in [2.24, 2.45) is 0 Å². The molecule has 0 saturated heterocycles. The second-order valence-corrected chi connectivity index (χ2v) is 8.24. The van der Waals surface area contributed by atoms with Gasteiger partial charge in [-0.05, 0) is 37.1 Å². The van der Waals surface area contributed by atoms with E-state index in [1.807, 2.05) is 6.92 Å². The Labute approximate surface area is 189 Å². The van der Waals surface area contributed by atoms with Gasteiger partial charge in [0, 0.05) is 18.4 Å². The summed E-state index contributed by atoms with van der Waals surface area (Å²) in [5.41, 5.74) is 2.91. The average molecular weight is 454 g/mol. The molecule has 2 N–H and O–H groups in total. The predicted octanol–water partition coefficient (Wildman–Crippen LogP) is 4.94. The van der Waals surface area contributed by atoms with Crippen LogP contribution in [0.2, 0.25) is 0 Å². The lowest BCUT2D eigenvalue weighted by Crippen LogP contribution is -2.28. The number of nitrogens with zero attached hydrogens (tertiary/aromatic N) is 3. The van der Waals surface area contributed by atoms with E-state index in [2.05, 4.69) is 26.3 Å². The minimum Gasteiger partial charge on any atom is -0.343 e. The highest BCUT2D eigenvalue weighted by atomic mass is 32.1. The Morgan fingerprint density at radius 3 is 2.69 bits per heavy atom. The fourth-order valence-corrected chi connectivity index (χ4v) is 3.86. The Bertz CT molecular complexity index is 1090. The maximum atomic E-state index is 13.3. The lowest BCUT2D eigenvalue weighted by atomic mass is 10.0. The number of unbranched alkanes of at least 4 members (excludes halogenated alkanes) is 2. The first-order chi connectivity index (χ1) is 15.5. The van der Waals surface area contributed by atoms with Crippen LogP contribution in [-0.4, -0.2) is 26.6 Å². The molecule has 2 heterocycles. The van der Waals surface area contributed by atoms with E-state index in [0.29, 0.717) is 41.2 Å². The molecule has 1 aromatic carbocycles. The maximum Gasteiger partial charge on any atom is 0.263 e. The molecule has 7 nitrogen and oxygen atoms in total. The number of aromatic amines is 1. The van der Waals surface area contributed by atoms with Crippen molar-refractivity contribution in [3.05, 3.63) is 58.1 Å². The van der Waals surface area contributed by atoms with E-state index >= 15 is 0 Å². The van der Waals surface area contributed by atoms with Gasteiger partial charge in [-0.1, -0.05) is 19.8 Å². The molecule has 3 rings (SSSR count). The fourth-order valence-electron chi connectivity index (χ4n) is 3.34. The molecule has 9 heteroatoms. The Morgan fingerprint density at radius 1 is 1.25 bits per heavy atom. The Hall–Kier alpha value is -3.38. The molecular weight excluding hydrogens is 429 g/mol. The number of hydrogen-bond donors (Lipinski definition) is 2. The van der Waals surface area contributed by atoms with Gasteiger partial charge in [-0.15, -0.1) is 11.3 Å². The summed E-state index contributed by atoms with van der Waals surface area (Å²) in [7, 11) is 0. The smallest absolute Gasteiger partial charge is 0.263 e. The third-order valence-electron chi connectivity index (χ3n) is 5.11. The van der Waals surface area contributed by atoms with E-state index in [1.54, 1.807) is 17.6 Å². The summed E-state index contributed by atoms with van der Waals surface area (Å²) in [5.74, 6) is 0.0317. The first-order valence-electron chi connectivity index (χ1n) is 10.5. The molecule has 1 atom stereocenters. The number of thiazole rings is 1. The Kier molecular flexibility index (Phi) is 8.22. The van der Waals surface area contributed by atoms with Gasteiger partial charge in [0.2, 0.25) is 0 Å². The number of carbonyl (C=O) groups is 2. The van der Waals surface area contributed by atoms with Gasteiger partial charge in [0.25, 0.3) is 5.91 Å². The predicted molar refractivity (Wildman–Crippen MR) is 119 cm³/mol. The number of H-pyrrole nitrogens is 1. The van der Waals surface area contributed by atoms with Gasteiger partial charge in [0.15, 0.2) is 5.69 Å². The number of halogens is 1. The molecule has 166 valence electrons. The lowest BCUT2D eigenvalue weighted by molar-refractivity contribution is -0.118. The zero-order chi connectivity index (χ0) is 22.9. The molecule has 0 aliphatic carbocycles. The quantitative estimate of drug-likeness (QED) is 0.399. The van der Waals surface area contributed by atoms with E-state index in [4.69, 9.17) is 0 Å². The van der Waals surface area contributed by atoms with Crippen LogP contribution >= 0.6 is 11.3 Å². The second-order valence-electron chi connectivity index (χ2n) is 7.35. The highest BCUT2D eigenvalue weighted by molar-refractivity contribution is 7.11. The molecule has 1 amide bonds. The van der Waals surface area contributed by atoms with Gasteiger partial charge < -0.3 is 10.3 Å². The van der Waals surface area contributed by atoms with E-state index in [1.165, 1.54) is 29.7 Å². The SMILES string of the molecule is CCC(=O)CCCCC[C@H](NC(=O)c1cncs1)c1[nH]c(-c2ccc(F)cc2)nc1C#N. The highest BCUT2D eigenvalue weighted by Gasteiger charge is 2.23. The summed E-state index contributed by atoms with van der Waals surface area (Å²) < 4.78 is 13.3. The standard InChI is InChI=1S/C23H24FN5O2S/c1-2-17(30)6-4-3-5-7-18(28-23(31)20-13-26-14-32-20)21-19(12-25)27-22(29-21)15-8-10-16(24)11-9-15/h8-11,13-14,18H,2-7H2,1H3,(H,27,29)(H,28,31)/t18-/m0/s1. The van der Waals surface area contributed by atoms with Crippen molar-refractivity contribution in [3.8, 4) is 17.5 Å². The van der Waals surface area contributed by atoms with Crippen LogP contribution in [0.15, 0.2) is 36.0 Å². The minimum atomic E-state index is -0.470. The van der Waals surface area contributed by atoms with Crippen LogP contribution in [0.5, 0.6) is 0 Å². The first-order valence-corrected chi connectivity index (χ1v) is 11.4. The lowest BCUT2D eigenvalue weighted by Gasteiger charge is -2.17. The third-order valence-corrected chi connectivity index (χ3v) is 5.88. The average Bonchev–Trinajstić information content (AvgIpc) is 3.48. The summed E-state index contributed by atoms with van der Waals surface area (Å²) in [6.45, 7) is 1.85. The molecule has 32 heavy (non-hydrogen) atoms. The van der Waals surface area contributed by atoms with Crippen LogP contribution in [0.25, 0.3) is 11.4 Å². The van der Waals surface area contributed by atoms with Crippen molar-refractivity contribution < 1.29 is 14.0 Å². The van der Waals surface area contributed by atoms with Crippen molar-refractivity contribution in [3.63, 3.8) is 0 Å². The van der Waals surface area contributed by atoms with Gasteiger partial charge >= 0.3 is 0 Å². The van der Waals surface area contributed by atoms with Crippen LogP contribution in [0, 0.1) is 17.1 Å². The number of carbonyl (C=O) groups excluding carboxylic acids is 2. The molecule has 0 aliphatic rings. The fraction of sp³-hybridized carbons (Fsp3) is 0.348. The van der Waals surface area contributed by atoms with Gasteiger partial charge in [0.1, 0.15) is 28.4 Å². The van der Waals surface area contributed by atoms with Crippen molar-refractivity contribution in [2.45, 2.75) is 51.5 Å². The normalized spacial score (nSPS) is 11.7. The monoisotopic (exact) mass is 453 g/mol. The summed E-state index contributed by atoms with van der Waals surface area (Å²) in [6, 6.07) is 7.42. The molecule has 3 aromatic rings. The number of amides is 1. The second kappa shape index (κ2) is 11.3. The number of aromatic nitrogens is 3. The van der Waals surface area contributed by atoms with Crippen LogP contribution in [-0.2, 0) is 4.79 Å². The van der Waals surface area contributed by atoms with Crippen molar-refractivity contribution >= 4 is 23.0 Å². The molecule has 2 aromatic heterocycles. The maximum absolute atomic E-state index is 13.3. The zero-order valence-corrected chi connectivity index (χ0v) is 18.5. The van der Waals surface area contributed by atoms with Gasteiger partial charge in [-0.25, -0.2) is 9.37 Å². The summed E-state index contributed by atoms with van der Waals surface area (Å²) >= 11 is 1.23. The first kappa shape index (κ1) is 23.3. The molecule has 0 bridgehead atoms. The zero-order valence-electron chi connectivity index (χ0n) is 17.7. The molecule has 0 aliphatic heterocycles. The number of hydrogen-bond acceptors (Lipinski definition) is 6. The number of benzene rings is 1. The summed E-state index contributed by atoms with van der Waals surface area (Å²) in [4.78, 5) is 36.1. The molecule has 0 radical (unpaired) electrons. The van der Waals surface area contributed by atoms with Crippen LogP contribution in [0.4, 0.5) is 4.39 Å². The van der Waals surface area contributed by atoms with Gasteiger partial charge in [-0.2, -0.15) is 5.26 Å². The Morgan fingerprint density at radius 2 is 2.03 bits per heavy atom. The third kappa shape index (κ3) is 6.08. The van der Waals surface area contributed by atoms with Crippen molar-refractivity contribution in [1.29, 1.82) is 5.26 Å². The molecular formula is C23H24FN5O2S. The number of rotatable bonds is 11. The van der Waals surface area contributed by atoms with Crippen molar-refractivity contribution in [1.82, 2.24) is 20.3 Å². The number of nitrogens with one attached hydrogen (secondary N) is 2. The van der Waals surface area contributed by atoms with Gasteiger partial charge in [0.05, 0.1) is 23.4 Å². The number of ketones is 1. The van der Waals surface area contributed by atoms with Crippen LogP contribution in [0.1, 0.15) is 72.6 Å². The molecule has 0 spiro atoms. The minimum absolute atomic E-state index is 0.181. The van der Waals surface area contributed by atoms with Crippen LogP contribution < -0.4 is 5.32 Å². The highest BCUT2D eigenvalue weighted by Crippen LogP contribution is 2.26. The summed E-state index contributed by atoms with van der Waals surface area (Å²) in [6.07, 6.45) is 5.55. The largest absolute Gasteiger partial charge is 0.343 e. The molecule has 0 fully saturated rings. The Balaban J connectivity index is 1.79. The summed E-state index contributed by atoms with van der Waals surface area (Å²) in [5, 5.41) is 12.6. The van der Waals surface area contributed by atoms with Gasteiger partial charge in [-0.3, -0.25) is 14.6 Å². The molecule has 0 unspecified atom stereocenters. The van der Waals surface area contributed by atoms with E-state index in [0.717, 1.165) is 19.3 Å². The number of Topliss-reactive ketones (excluding diaryl/α,β-unsaturated/α-hetero) is 1.